The van der Waals surface area contributed by atoms with Crippen molar-refractivity contribution in [3.05, 3.63) is 142 Å². The van der Waals surface area contributed by atoms with Crippen molar-refractivity contribution >= 4 is 132 Å². The zero-order chi connectivity index (χ0) is 60.7. The summed E-state index contributed by atoms with van der Waals surface area (Å²) in [6.45, 7) is 7.24. The molecule has 9 N–H and O–H groups in total. The Balaban J connectivity index is 0.00000961. The molecule has 86 heavy (non-hydrogen) atoms. The van der Waals surface area contributed by atoms with Crippen LogP contribution in [0.5, 0.6) is 0 Å². The molecule has 2 aromatic heterocycles. The third-order valence-corrected chi connectivity index (χ3v) is 16.3. The maximum atomic E-state index is 14.3. The third kappa shape index (κ3) is 14.3. The van der Waals surface area contributed by atoms with E-state index in [1.807, 2.05) is 37.3 Å². The Bertz CT molecular complexity index is 3830. The van der Waals surface area contributed by atoms with Crippen LogP contribution in [0.1, 0.15) is 88.1 Å². The monoisotopic (exact) mass is 1220 g/mol. The molecule has 0 bridgehead atoms. The Kier molecular flexibility index (Phi) is 20.2. The van der Waals surface area contributed by atoms with Crippen molar-refractivity contribution in [1.29, 1.82) is 0 Å². The van der Waals surface area contributed by atoms with Crippen molar-refractivity contribution < 1.29 is 56.6 Å². The van der Waals surface area contributed by atoms with Crippen LogP contribution >= 0.6 is 12.2 Å². The van der Waals surface area contributed by atoms with E-state index in [0.29, 0.717) is 48.6 Å². The summed E-state index contributed by atoms with van der Waals surface area (Å²) < 4.78 is 42.5. The minimum absolute atomic E-state index is 0. The molecule has 3 aliphatic heterocycles. The molecule has 4 atom stereocenters. The zero-order valence-corrected chi connectivity index (χ0v) is 51.4. The number of likely N-dealkylation sites (tertiary alicyclic amines) is 1. The number of nitrogens with zero attached hydrogens (tertiary/aromatic N) is 3. The molecule has 0 aliphatic carbocycles. The smallest absolute Gasteiger partial charge is 0.355 e. The molecule has 1 fully saturated rings. The van der Waals surface area contributed by atoms with Crippen molar-refractivity contribution in [2.75, 3.05) is 40.3 Å². The first kappa shape index (κ1) is 63.6. The van der Waals surface area contributed by atoms with Gasteiger partial charge >= 0.3 is 30.0 Å². The molecule has 6 amide bonds. The molecule has 0 spiro atoms. The van der Waals surface area contributed by atoms with Crippen molar-refractivity contribution in [3.8, 4) is 11.4 Å². The number of carbonyl (C=O) groups excluding carboxylic acids is 6. The molecule has 24 nitrogen and oxygen atoms in total. The summed E-state index contributed by atoms with van der Waals surface area (Å²) in [7, 11) is -4.19. The third-order valence-electron chi connectivity index (χ3n) is 14.7. The number of ether oxygens (including phenoxy) is 2. The number of carboxylic acid groups (broad SMARTS) is 1. The van der Waals surface area contributed by atoms with Crippen LogP contribution in [0.4, 0.5) is 32.3 Å². The summed E-state index contributed by atoms with van der Waals surface area (Å²) in [5.74, 6) is -4.63. The molecule has 5 heterocycles. The topological polar surface area (TPSA) is 327 Å². The number of nitrogens with one attached hydrogen (secondary N) is 8. The second kappa shape index (κ2) is 27.3. The number of pyridine rings is 2. The van der Waals surface area contributed by atoms with Crippen molar-refractivity contribution in [2.45, 2.75) is 102 Å². The van der Waals surface area contributed by atoms with E-state index in [1.165, 1.54) is 53.4 Å². The molecule has 0 saturated carbocycles. The van der Waals surface area contributed by atoms with E-state index in [-0.39, 0.29) is 100 Å². The number of aliphatic carboxylic acids is 1. The zero-order valence-electron chi connectivity index (χ0n) is 47.8. The number of urea groups is 2. The molecule has 4 aromatic carbocycles. The van der Waals surface area contributed by atoms with Crippen molar-refractivity contribution in [3.63, 3.8) is 0 Å². The Morgan fingerprint density at radius 3 is 2.27 bits per heavy atom. The van der Waals surface area contributed by atoms with E-state index in [2.05, 4.69) is 41.9 Å². The van der Waals surface area contributed by atoms with Gasteiger partial charge in [0.1, 0.15) is 18.7 Å². The Morgan fingerprint density at radius 1 is 0.837 bits per heavy atom. The standard InChI is InChI=1S/C59H63N11O13S2.Na/c1-5-23-60-56(78)63-39-14-10-16-41(27-39)85(80,81)68-40-15-9-13-35(26-40)45(29-49(72)73)66-57(79)62-37-19-21-38(22-20-37)64-58(84)61-30-48(71)69-24-11-18-46(69)52(74)67-50(33(3)4)54(76)83-59(6-2)43-28-47-51-36(25-34-12-7-8-17-44(34)65-51)31-70(47)53(75)42(43)32-82-55(59)77;/h7-10,12-17,19-22,25-28,33,45-46,50,68H,5-6,11,18,23-24,29-32H2,1-4H3,(H,67,74)(H,72,73)(H2,60,63,78)(H2,61,64,84)(H2,62,66,79);/t45?,46-,50-,59-;/m0./s1. The number of para-hydroxylation sites is 1. The Hall–Kier alpha value is -8.43. The molecule has 1 radical (unpaired) electrons. The first-order chi connectivity index (χ1) is 40.7. The van der Waals surface area contributed by atoms with E-state index < -0.39 is 93.4 Å². The maximum Gasteiger partial charge on any atom is 0.355 e. The van der Waals surface area contributed by atoms with Crippen molar-refractivity contribution in [1.82, 2.24) is 35.7 Å². The predicted molar refractivity (Wildman–Crippen MR) is 324 cm³/mol. The molecule has 27 heteroatoms. The number of benzene rings is 4. The number of amides is 6. The minimum atomic E-state index is -4.19. The van der Waals surface area contributed by atoms with Crippen LogP contribution in [0.15, 0.2) is 119 Å². The number of sulfonamides is 1. The number of carboxylic acids is 1. The number of aromatic nitrogens is 2. The fourth-order valence-electron chi connectivity index (χ4n) is 10.4. The first-order valence-corrected chi connectivity index (χ1v) is 29.4. The quantitative estimate of drug-likeness (QED) is 0.0239. The van der Waals surface area contributed by atoms with Crippen LogP contribution in [0.3, 0.4) is 0 Å². The molecular formula is C59H63N11NaO13S2. The van der Waals surface area contributed by atoms with Crippen molar-refractivity contribution in [2.24, 2.45) is 5.92 Å². The number of fused-ring (bicyclic) bond motifs is 5. The Labute approximate surface area is 522 Å². The maximum absolute atomic E-state index is 14.3. The van der Waals surface area contributed by atoms with Gasteiger partial charge in [0.2, 0.25) is 17.4 Å². The normalized spacial score (nSPS) is 16.4. The number of hydrogen-bond donors (Lipinski definition) is 9. The van der Waals surface area contributed by atoms with Gasteiger partial charge in [-0.1, -0.05) is 64.1 Å². The molecule has 445 valence electrons. The fraction of sp³-hybridized carbons (Fsp3) is 0.322. The van der Waals surface area contributed by atoms with Gasteiger partial charge in [0, 0.05) is 81.9 Å². The number of rotatable bonds is 20. The van der Waals surface area contributed by atoms with E-state index in [4.69, 9.17) is 26.7 Å². The van der Waals surface area contributed by atoms with Gasteiger partial charge in [0.15, 0.2) is 5.11 Å². The molecule has 3 aliphatic rings. The van der Waals surface area contributed by atoms with Gasteiger partial charge < -0.3 is 61.3 Å². The SMILES string of the molecule is CCCNC(=O)Nc1cccc(S(=O)(=O)Nc2cccc(C(CC(=O)O)NC(=O)Nc3ccc(NC(=S)NCC(=O)N4CCC[C@H]4C(=O)N[C@H](C(=O)O[C@]4(CC)C(=O)OCc5c4cc4n(c5=O)Cc5cc6ccccc6nc5-4)C(C)C)cc3)c2)c1.[Na]. The molecule has 6 aromatic rings. The summed E-state index contributed by atoms with van der Waals surface area (Å²) in [6.07, 6.45) is 0.865. The first-order valence-electron chi connectivity index (χ1n) is 27.5. The minimum Gasteiger partial charge on any atom is -0.481 e. The predicted octanol–water partition coefficient (Wildman–Crippen LogP) is 6.04. The Morgan fingerprint density at radius 2 is 1.55 bits per heavy atom. The fourth-order valence-corrected chi connectivity index (χ4v) is 11.7. The number of cyclic esters (lactones) is 1. The number of anilines is 4. The van der Waals surface area contributed by atoms with Crippen LogP contribution < -0.4 is 47.5 Å². The van der Waals surface area contributed by atoms with E-state index >= 15 is 0 Å². The molecule has 1 unspecified atom stereocenters. The molecular weight excluding hydrogens is 1160 g/mol. The summed E-state index contributed by atoms with van der Waals surface area (Å²) in [6, 6.07) is 24.4. The second-order valence-electron chi connectivity index (χ2n) is 20.9. The van der Waals surface area contributed by atoms with Gasteiger partial charge in [0.05, 0.1) is 52.9 Å². The van der Waals surface area contributed by atoms with Gasteiger partial charge in [-0.05, 0) is 122 Å². The number of thiocarbonyl (C=S) groups is 1. The average molecular weight is 1220 g/mol. The van der Waals surface area contributed by atoms with E-state index in [1.54, 1.807) is 55.7 Å². The van der Waals surface area contributed by atoms with Gasteiger partial charge in [0.25, 0.3) is 15.6 Å². The van der Waals surface area contributed by atoms with Crippen LogP contribution in [-0.2, 0) is 62.2 Å². The number of hydrogen-bond acceptors (Lipinski definition) is 14. The van der Waals surface area contributed by atoms with Crippen LogP contribution in [0.25, 0.3) is 22.3 Å². The second-order valence-corrected chi connectivity index (χ2v) is 23.0. The molecule has 1 saturated heterocycles. The van der Waals surface area contributed by atoms with E-state index in [0.717, 1.165) is 16.5 Å². The van der Waals surface area contributed by atoms with Gasteiger partial charge in [-0.15, -0.1) is 0 Å². The molecule has 9 rings (SSSR count). The summed E-state index contributed by atoms with van der Waals surface area (Å²) in [5.41, 5.74) is 1.92. The summed E-state index contributed by atoms with van der Waals surface area (Å²) >= 11 is 5.47. The van der Waals surface area contributed by atoms with Gasteiger partial charge in [-0.2, -0.15) is 0 Å². The number of carbonyl (C=O) groups is 7. The summed E-state index contributed by atoms with van der Waals surface area (Å²) in [5, 5.41) is 29.8. The van der Waals surface area contributed by atoms with Gasteiger partial charge in [-0.25, -0.2) is 32.6 Å². The van der Waals surface area contributed by atoms with Crippen LogP contribution in [0.2, 0.25) is 0 Å². The van der Waals surface area contributed by atoms with Crippen LogP contribution in [0, 0.1) is 5.92 Å². The van der Waals surface area contributed by atoms with Crippen LogP contribution in [-0.4, -0.2) is 136 Å². The average Bonchev–Trinajstić information content (AvgIpc) is 1.41. The van der Waals surface area contributed by atoms with Gasteiger partial charge in [-0.3, -0.25) is 23.9 Å². The summed E-state index contributed by atoms with van der Waals surface area (Å²) in [4.78, 5) is 113. The largest absolute Gasteiger partial charge is 0.481 e. The number of esters is 2. The van der Waals surface area contributed by atoms with E-state index in [9.17, 15) is 51.9 Å².